The molecule has 0 bridgehead atoms. The number of benzene rings is 1. The van der Waals surface area contributed by atoms with Crippen molar-refractivity contribution in [3.8, 4) is 0 Å². The molecule has 5 rings (SSSR count). The third-order valence-electron chi connectivity index (χ3n) is 5.33. The molecule has 3 fully saturated rings. The van der Waals surface area contributed by atoms with Crippen LogP contribution in [0.1, 0.15) is 18.4 Å². The Bertz CT molecular complexity index is 711. The van der Waals surface area contributed by atoms with Crippen LogP contribution in [0.5, 0.6) is 0 Å². The lowest BCUT2D eigenvalue weighted by molar-refractivity contribution is -0.113. The minimum atomic E-state index is 0.459. The van der Waals surface area contributed by atoms with Gasteiger partial charge in [0.15, 0.2) is 0 Å². The molecule has 4 nitrogen and oxygen atoms in total. The van der Waals surface area contributed by atoms with E-state index in [4.69, 9.17) is 9.72 Å². The molecular formula is C18H21N3O. The van der Waals surface area contributed by atoms with Crippen molar-refractivity contribution in [2.75, 3.05) is 31.1 Å². The molecule has 0 amide bonds. The van der Waals surface area contributed by atoms with Crippen molar-refractivity contribution < 1.29 is 4.74 Å². The van der Waals surface area contributed by atoms with Crippen LogP contribution in [-0.4, -0.2) is 48.3 Å². The van der Waals surface area contributed by atoms with Crippen molar-refractivity contribution in [2.24, 2.45) is 0 Å². The van der Waals surface area contributed by atoms with Gasteiger partial charge in [-0.25, -0.2) is 4.98 Å². The number of likely N-dealkylation sites (tertiary alicyclic amines) is 1. The number of fused-ring (bicyclic) bond motifs is 2. The van der Waals surface area contributed by atoms with E-state index in [1.807, 2.05) is 0 Å². The van der Waals surface area contributed by atoms with Crippen LogP contribution in [0, 0.1) is 0 Å². The van der Waals surface area contributed by atoms with E-state index in [1.165, 1.54) is 36.9 Å². The predicted octanol–water partition coefficient (Wildman–Crippen LogP) is 2.42. The highest BCUT2D eigenvalue weighted by molar-refractivity contribution is 5.81. The second-order valence-corrected chi connectivity index (χ2v) is 6.77. The predicted molar refractivity (Wildman–Crippen MR) is 87.1 cm³/mol. The molecule has 1 aromatic heterocycles. The van der Waals surface area contributed by atoms with E-state index in [2.05, 4.69) is 40.1 Å². The summed E-state index contributed by atoms with van der Waals surface area (Å²) in [5.74, 6) is 1.10. The van der Waals surface area contributed by atoms with Crippen molar-refractivity contribution in [1.82, 2.24) is 9.88 Å². The van der Waals surface area contributed by atoms with Gasteiger partial charge in [-0.1, -0.05) is 6.07 Å². The summed E-state index contributed by atoms with van der Waals surface area (Å²) in [5, 5.41) is 1.25. The average Bonchev–Trinajstić information content (AvgIpc) is 3.02. The summed E-state index contributed by atoms with van der Waals surface area (Å²) in [6.45, 7) is 5.42. The quantitative estimate of drug-likeness (QED) is 0.869. The van der Waals surface area contributed by atoms with Gasteiger partial charge in [-0.2, -0.15) is 0 Å². The normalized spacial score (nSPS) is 27.5. The van der Waals surface area contributed by atoms with Crippen molar-refractivity contribution in [3.63, 3.8) is 0 Å². The van der Waals surface area contributed by atoms with Crippen LogP contribution in [0.15, 0.2) is 30.3 Å². The summed E-state index contributed by atoms with van der Waals surface area (Å²) >= 11 is 0. The van der Waals surface area contributed by atoms with Gasteiger partial charge >= 0.3 is 0 Å². The molecule has 4 heteroatoms. The monoisotopic (exact) mass is 295 g/mol. The molecule has 2 aromatic rings. The van der Waals surface area contributed by atoms with Crippen molar-refractivity contribution >= 4 is 16.7 Å². The zero-order valence-corrected chi connectivity index (χ0v) is 12.7. The highest BCUT2D eigenvalue weighted by atomic mass is 16.5. The van der Waals surface area contributed by atoms with Gasteiger partial charge in [0.05, 0.1) is 24.3 Å². The SMILES string of the molecule is c1cc2nc(N3CC4OCC43)ccc2cc1CN1CCCC1. The fourth-order valence-corrected chi connectivity index (χ4v) is 3.86. The summed E-state index contributed by atoms with van der Waals surface area (Å²) in [6, 6.07) is 11.7. The van der Waals surface area contributed by atoms with Gasteiger partial charge in [-0.3, -0.25) is 4.90 Å². The van der Waals surface area contributed by atoms with Gasteiger partial charge < -0.3 is 9.64 Å². The largest absolute Gasteiger partial charge is 0.372 e. The van der Waals surface area contributed by atoms with Crippen LogP contribution in [0.2, 0.25) is 0 Å². The van der Waals surface area contributed by atoms with Crippen molar-refractivity contribution in [3.05, 3.63) is 35.9 Å². The first-order valence-electron chi connectivity index (χ1n) is 8.37. The van der Waals surface area contributed by atoms with E-state index in [-0.39, 0.29) is 0 Å². The number of nitrogens with zero attached hydrogens (tertiary/aromatic N) is 3. The van der Waals surface area contributed by atoms with Gasteiger partial charge in [-0.15, -0.1) is 0 Å². The Balaban J connectivity index is 1.39. The van der Waals surface area contributed by atoms with E-state index < -0.39 is 0 Å². The third-order valence-corrected chi connectivity index (χ3v) is 5.33. The lowest BCUT2D eigenvalue weighted by atomic mass is 9.95. The maximum absolute atomic E-state index is 5.47. The fraction of sp³-hybridized carbons (Fsp3) is 0.500. The van der Waals surface area contributed by atoms with Crippen LogP contribution in [0.3, 0.4) is 0 Å². The molecule has 4 heterocycles. The summed E-state index contributed by atoms with van der Waals surface area (Å²) in [7, 11) is 0. The molecule has 114 valence electrons. The summed E-state index contributed by atoms with van der Waals surface area (Å²) in [6.07, 6.45) is 3.15. The maximum atomic E-state index is 5.47. The van der Waals surface area contributed by atoms with Gasteiger partial charge in [-0.05, 0) is 55.8 Å². The molecule has 3 aliphatic rings. The highest BCUT2D eigenvalue weighted by Crippen LogP contribution is 2.34. The first-order chi connectivity index (χ1) is 10.9. The molecule has 1 aromatic carbocycles. The van der Waals surface area contributed by atoms with Crippen molar-refractivity contribution in [1.29, 1.82) is 0 Å². The number of hydrogen-bond acceptors (Lipinski definition) is 4. The maximum Gasteiger partial charge on any atom is 0.129 e. The van der Waals surface area contributed by atoms with Crippen molar-refractivity contribution in [2.45, 2.75) is 31.5 Å². The Hall–Kier alpha value is -1.65. The van der Waals surface area contributed by atoms with E-state index >= 15 is 0 Å². The zero-order chi connectivity index (χ0) is 14.5. The van der Waals surface area contributed by atoms with Gasteiger partial charge in [0.1, 0.15) is 5.82 Å². The molecular weight excluding hydrogens is 274 g/mol. The number of aromatic nitrogens is 1. The molecule has 0 aliphatic carbocycles. The lowest BCUT2D eigenvalue weighted by Gasteiger charge is -2.55. The number of ether oxygens (including phenoxy) is 1. The fourth-order valence-electron chi connectivity index (χ4n) is 3.86. The van der Waals surface area contributed by atoms with Crippen LogP contribution >= 0.6 is 0 Å². The summed E-state index contributed by atoms with van der Waals surface area (Å²) < 4.78 is 5.47. The highest BCUT2D eigenvalue weighted by Gasteiger charge is 2.47. The molecule has 0 saturated carbocycles. The van der Waals surface area contributed by atoms with Gasteiger partial charge in [0, 0.05) is 18.5 Å². The number of anilines is 1. The van der Waals surface area contributed by atoms with Crippen LogP contribution in [-0.2, 0) is 11.3 Å². The number of pyridine rings is 1. The number of hydrogen-bond donors (Lipinski definition) is 0. The zero-order valence-electron chi connectivity index (χ0n) is 12.7. The van der Waals surface area contributed by atoms with E-state index in [1.54, 1.807) is 0 Å². The second-order valence-electron chi connectivity index (χ2n) is 6.77. The number of morpholine rings is 1. The molecule has 22 heavy (non-hydrogen) atoms. The molecule has 2 atom stereocenters. The first kappa shape index (κ1) is 12.9. The topological polar surface area (TPSA) is 28.6 Å². The summed E-state index contributed by atoms with van der Waals surface area (Å²) in [5.41, 5.74) is 2.51. The van der Waals surface area contributed by atoms with Gasteiger partial charge in [0.2, 0.25) is 0 Å². The smallest absolute Gasteiger partial charge is 0.129 e. The Kier molecular flexibility index (Phi) is 2.88. The minimum Gasteiger partial charge on any atom is -0.372 e. The first-order valence-corrected chi connectivity index (χ1v) is 8.37. The van der Waals surface area contributed by atoms with Crippen LogP contribution in [0.25, 0.3) is 10.9 Å². The molecule has 3 saturated heterocycles. The Morgan fingerprint density at radius 1 is 1.14 bits per heavy atom. The molecule has 0 radical (unpaired) electrons. The Labute approximate surface area is 130 Å². The molecule has 0 spiro atoms. The molecule has 2 unspecified atom stereocenters. The third kappa shape index (κ3) is 2.02. The standard InChI is InChI=1S/C18H21N3O/c1-2-8-20(7-1)10-13-3-5-15-14(9-13)4-6-18(19-15)21-11-17-16(21)12-22-17/h3-6,9,16-17H,1-2,7-8,10-12H2. The van der Waals surface area contributed by atoms with Gasteiger partial charge in [0.25, 0.3) is 0 Å². The lowest BCUT2D eigenvalue weighted by Crippen LogP contribution is -2.71. The van der Waals surface area contributed by atoms with E-state index in [0.29, 0.717) is 12.1 Å². The Morgan fingerprint density at radius 2 is 2.05 bits per heavy atom. The number of rotatable bonds is 3. The van der Waals surface area contributed by atoms with E-state index in [0.717, 1.165) is 31.0 Å². The van der Waals surface area contributed by atoms with Crippen LogP contribution < -0.4 is 4.90 Å². The Morgan fingerprint density at radius 3 is 2.77 bits per heavy atom. The average molecular weight is 295 g/mol. The molecule has 0 N–H and O–H groups in total. The van der Waals surface area contributed by atoms with E-state index in [9.17, 15) is 0 Å². The summed E-state index contributed by atoms with van der Waals surface area (Å²) in [4.78, 5) is 9.75. The second kappa shape index (κ2) is 4.93. The molecule has 3 aliphatic heterocycles. The van der Waals surface area contributed by atoms with Crippen LogP contribution in [0.4, 0.5) is 5.82 Å². The minimum absolute atomic E-state index is 0.459.